The lowest BCUT2D eigenvalue weighted by Gasteiger charge is -2.35. The maximum Gasteiger partial charge on any atom is 0.225 e. The van der Waals surface area contributed by atoms with Gasteiger partial charge in [-0.1, -0.05) is 31.0 Å². The molecule has 1 saturated heterocycles. The smallest absolute Gasteiger partial charge is 0.225 e. The van der Waals surface area contributed by atoms with Crippen molar-refractivity contribution in [2.75, 3.05) is 59.5 Å². The second kappa shape index (κ2) is 12.5. The van der Waals surface area contributed by atoms with E-state index in [4.69, 9.17) is 9.73 Å². The average Bonchev–Trinajstić information content (AvgIpc) is 3.34. The van der Waals surface area contributed by atoms with Crippen LogP contribution < -0.4 is 15.4 Å². The molecule has 7 heteroatoms. The standard InChI is InChI=1S/C24H39N5O2/c1-3-25-24(26-13-12-20-8-6-7-11-22(20)31-2)27-14-15-28-16-18-29(19-17-28)23(30)21-9-4-5-10-21/h6-8,11,21H,3-5,9-10,12-19H2,1-2H3,(H2,25,26,27). The second-order valence-electron chi connectivity index (χ2n) is 8.40. The van der Waals surface area contributed by atoms with Crippen molar-refractivity contribution in [2.45, 2.75) is 39.0 Å². The number of ether oxygens (including phenoxy) is 1. The van der Waals surface area contributed by atoms with E-state index in [9.17, 15) is 4.79 Å². The molecule has 1 aromatic carbocycles. The minimum Gasteiger partial charge on any atom is -0.496 e. The van der Waals surface area contributed by atoms with Gasteiger partial charge >= 0.3 is 0 Å². The van der Waals surface area contributed by atoms with Crippen LogP contribution in [0.15, 0.2) is 29.3 Å². The summed E-state index contributed by atoms with van der Waals surface area (Å²) in [4.78, 5) is 21.8. The zero-order valence-electron chi connectivity index (χ0n) is 19.2. The largest absolute Gasteiger partial charge is 0.496 e. The molecule has 0 aromatic heterocycles. The Morgan fingerprint density at radius 3 is 2.58 bits per heavy atom. The number of amides is 1. The third-order valence-electron chi connectivity index (χ3n) is 6.30. The van der Waals surface area contributed by atoms with E-state index in [0.29, 0.717) is 11.8 Å². The van der Waals surface area contributed by atoms with Gasteiger partial charge in [0, 0.05) is 51.7 Å². The van der Waals surface area contributed by atoms with Gasteiger partial charge in [-0.25, -0.2) is 0 Å². The topological polar surface area (TPSA) is 69.2 Å². The first kappa shape index (κ1) is 23.4. The molecule has 7 nitrogen and oxygen atoms in total. The predicted molar refractivity (Wildman–Crippen MR) is 126 cm³/mol. The molecule has 2 aliphatic rings. The average molecular weight is 430 g/mol. The summed E-state index contributed by atoms with van der Waals surface area (Å²) in [6, 6.07) is 8.13. The van der Waals surface area contributed by atoms with Crippen LogP contribution >= 0.6 is 0 Å². The monoisotopic (exact) mass is 429 g/mol. The summed E-state index contributed by atoms with van der Waals surface area (Å²) in [5.41, 5.74) is 1.19. The van der Waals surface area contributed by atoms with Crippen molar-refractivity contribution in [2.24, 2.45) is 10.9 Å². The fourth-order valence-corrected chi connectivity index (χ4v) is 4.49. The highest BCUT2D eigenvalue weighted by molar-refractivity contribution is 5.80. The number of hydrogen-bond donors (Lipinski definition) is 2. The molecule has 2 fully saturated rings. The van der Waals surface area contributed by atoms with Crippen molar-refractivity contribution in [3.05, 3.63) is 29.8 Å². The van der Waals surface area contributed by atoms with Crippen molar-refractivity contribution < 1.29 is 9.53 Å². The van der Waals surface area contributed by atoms with Crippen LogP contribution in [0.3, 0.4) is 0 Å². The molecule has 1 heterocycles. The van der Waals surface area contributed by atoms with Crippen LogP contribution in [0.1, 0.15) is 38.2 Å². The van der Waals surface area contributed by atoms with E-state index < -0.39 is 0 Å². The normalized spacial score (nSPS) is 18.3. The molecular weight excluding hydrogens is 390 g/mol. The third kappa shape index (κ3) is 7.13. The number of rotatable bonds is 9. The van der Waals surface area contributed by atoms with E-state index in [1.807, 2.05) is 18.2 Å². The third-order valence-corrected chi connectivity index (χ3v) is 6.30. The molecule has 1 aliphatic heterocycles. The lowest BCUT2D eigenvalue weighted by atomic mass is 10.1. The van der Waals surface area contributed by atoms with Gasteiger partial charge in [-0.05, 0) is 37.8 Å². The Labute approximate surface area is 187 Å². The minimum absolute atomic E-state index is 0.292. The summed E-state index contributed by atoms with van der Waals surface area (Å²) in [7, 11) is 1.71. The fourth-order valence-electron chi connectivity index (χ4n) is 4.49. The Kier molecular flexibility index (Phi) is 9.46. The Bertz CT molecular complexity index is 710. The number of piperazine rings is 1. The molecule has 2 N–H and O–H groups in total. The van der Waals surface area contributed by atoms with Gasteiger partial charge in [0.15, 0.2) is 5.96 Å². The molecule has 1 aliphatic carbocycles. The van der Waals surface area contributed by atoms with E-state index in [-0.39, 0.29) is 0 Å². The van der Waals surface area contributed by atoms with Gasteiger partial charge in [0.25, 0.3) is 0 Å². The van der Waals surface area contributed by atoms with Crippen molar-refractivity contribution in [3.63, 3.8) is 0 Å². The van der Waals surface area contributed by atoms with Crippen molar-refractivity contribution in [1.82, 2.24) is 20.4 Å². The quantitative estimate of drug-likeness (QED) is 0.465. The zero-order chi connectivity index (χ0) is 21.9. The minimum atomic E-state index is 0.292. The SMILES string of the molecule is CCNC(=NCCN1CCN(C(=O)C2CCCC2)CC1)NCCc1ccccc1OC. The summed E-state index contributed by atoms with van der Waals surface area (Å²) in [6.45, 7) is 9.01. The van der Waals surface area contributed by atoms with Crippen LogP contribution in [0.25, 0.3) is 0 Å². The number of hydrogen-bond acceptors (Lipinski definition) is 4. The fraction of sp³-hybridized carbons (Fsp3) is 0.667. The van der Waals surface area contributed by atoms with Gasteiger partial charge < -0.3 is 20.3 Å². The van der Waals surface area contributed by atoms with E-state index in [1.54, 1.807) is 7.11 Å². The maximum atomic E-state index is 12.6. The van der Waals surface area contributed by atoms with E-state index in [2.05, 4.69) is 33.4 Å². The molecule has 31 heavy (non-hydrogen) atoms. The van der Waals surface area contributed by atoms with Crippen LogP contribution in [0.5, 0.6) is 5.75 Å². The number of nitrogens with one attached hydrogen (secondary N) is 2. The van der Waals surface area contributed by atoms with Crippen molar-refractivity contribution >= 4 is 11.9 Å². The first-order valence-electron chi connectivity index (χ1n) is 11.9. The van der Waals surface area contributed by atoms with Gasteiger partial charge in [-0.3, -0.25) is 14.7 Å². The van der Waals surface area contributed by atoms with E-state index in [1.165, 1.54) is 18.4 Å². The van der Waals surface area contributed by atoms with Crippen LogP contribution in [0.2, 0.25) is 0 Å². The summed E-state index contributed by atoms with van der Waals surface area (Å²) >= 11 is 0. The number of benzene rings is 1. The molecule has 0 unspecified atom stereocenters. The molecule has 1 amide bonds. The highest BCUT2D eigenvalue weighted by atomic mass is 16.5. The maximum absolute atomic E-state index is 12.6. The first-order chi connectivity index (χ1) is 15.2. The van der Waals surface area contributed by atoms with Crippen LogP contribution in [0, 0.1) is 5.92 Å². The van der Waals surface area contributed by atoms with Gasteiger partial charge in [-0.2, -0.15) is 0 Å². The summed E-state index contributed by atoms with van der Waals surface area (Å²) in [6.07, 6.45) is 5.49. The number of aliphatic imine (C=N–C) groups is 1. The van der Waals surface area contributed by atoms with Gasteiger partial charge in [0.2, 0.25) is 5.91 Å². The van der Waals surface area contributed by atoms with Crippen molar-refractivity contribution in [1.29, 1.82) is 0 Å². The molecular formula is C24H39N5O2. The Balaban J connectivity index is 1.38. The van der Waals surface area contributed by atoms with E-state index >= 15 is 0 Å². The van der Waals surface area contributed by atoms with Gasteiger partial charge in [0.05, 0.1) is 13.7 Å². The summed E-state index contributed by atoms with van der Waals surface area (Å²) < 4.78 is 5.43. The molecule has 172 valence electrons. The number of guanidine groups is 1. The second-order valence-corrected chi connectivity index (χ2v) is 8.40. The van der Waals surface area contributed by atoms with Crippen molar-refractivity contribution in [3.8, 4) is 5.75 Å². The lowest BCUT2D eigenvalue weighted by molar-refractivity contribution is -0.137. The number of nitrogens with zero attached hydrogens (tertiary/aromatic N) is 3. The molecule has 0 bridgehead atoms. The number of para-hydroxylation sites is 1. The highest BCUT2D eigenvalue weighted by Gasteiger charge is 2.29. The van der Waals surface area contributed by atoms with Crippen LogP contribution in [0.4, 0.5) is 0 Å². The molecule has 3 rings (SSSR count). The van der Waals surface area contributed by atoms with Gasteiger partial charge in [0.1, 0.15) is 5.75 Å². The molecule has 1 saturated carbocycles. The van der Waals surface area contributed by atoms with Crippen LogP contribution in [-0.4, -0.2) is 81.1 Å². The van der Waals surface area contributed by atoms with Gasteiger partial charge in [-0.15, -0.1) is 0 Å². The van der Waals surface area contributed by atoms with E-state index in [0.717, 1.165) is 83.3 Å². The summed E-state index contributed by atoms with van der Waals surface area (Å²) in [5.74, 6) is 2.47. The molecule has 0 spiro atoms. The summed E-state index contributed by atoms with van der Waals surface area (Å²) in [5, 5.41) is 6.75. The first-order valence-corrected chi connectivity index (χ1v) is 11.9. The Hall–Kier alpha value is -2.28. The molecule has 1 aromatic rings. The lowest BCUT2D eigenvalue weighted by Crippen LogP contribution is -2.50. The Morgan fingerprint density at radius 2 is 1.87 bits per heavy atom. The zero-order valence-corrected chi connectivity index (χ0v) is 19.2. The predicted octanol–water partition coefficient (Wildman–Crippen LogP) is 2.13. The number of carbonyl (C=O) groups is 1. The number of carbonyl (C=O) groups excluding carboxylic acids is 1. The Morgan fingerprint density at radius 1 is 1.13 bits per heavy atom. The number of methoxy groups -OCH3 is 1. The molecule has 0 radical (unpaired) electrons. The van der Waals surface area contributed by atoms with Crippen LogP contribution in [-0.2, 0) is 11.2 Å². The highest BCUT2D eigenvalue weighted by Crippen LogP contribution is 2.26. The molecule has 0 atom stereocenters.